The fourth-order valence-corrected chi connectivity index (χ4v) is 11.1. The van der Waals surface area contributed by atoms with Crippen LogP contribution < -0.4 is 4.90 Å². The first-order chi connectivity index (χ1) is 30.3. The van der Waals surface area contributed by atoms with Gasteiger partial charge in [-0.15, -0.1) is 11.3 Å². The molecule has 0 unspecified atom stereocenters. The van der Waals surface area contributed by atoms with Crippen LogP contribution in [0.15, 0.2) is 218 Å². The third-order valence-corrected chi connectivity index (χ3v) is 13.9. The molecule has 0 saturated carbocycles. The fourth-order valence-electron chi connectivity index (χ4n) is 10.0. The van der Waals surface area contributed by atoms with Crippen LogP contribution in [0.25, 0.3) is 102 Å². The van der Waals surface area contributed by atoms with Crippen LogP contribution in [0.4, 0.5) is 17.1 Å². The summed E-state index contributed by atoms with van der Waals surface area (Å²) in [6.45, 7) is 0. The molecule has 0 bridgehead atoms. The Morgan fingerprint density at radius 2 is 0.934 bits per heavy atom. The maximum absolute atomic E-state index is 2.55. The summed E-state index contributed by atoms with van der Waals surface area (Å²) in [4.78, 5) is 2.48. The van der Waals surface area contributed by atoms with E-state index in [-0.39, 0.29) is 0 Å². The number of benzene rings is 11. The SMILES string of the molecule is c1ccc(-c2ccc3c4c(N(c5ccccc5)c5ccc6sc7ccccc7c6c5)cc5ccccc5c4n(-c4ccc5c6ccccc6c6ccccc6c5c4)c3c2)cc1. The molecule has 3 heteroatoms. The first-order valence-electron chi connectivity index (χ1n) is 20.9. The fraction of sp³-hybridized carbons (Fsp3) is 0. The molecule has 0 radical (unpaired) electrons. The summed E-state index contributed by atoms with van der Waals surface area (Å²) < 4.78 is 5.15. The third kappa shape index (κ3) is 5.21. The predicted octanol–water partition coefficient (Wildman–Crippen LogP) is 16.9. The summed E-state index contributed by atoms with van der Waals surface area (Å²) in [7, 11) is 0. The number of para-hydroxylation sites is 1. The quantitative estimate of drug-likeness (QED) is 0.158. The number of rotatable bonds is 5. The Balaban J connectivity index is 1.18. The van der Waals surface area contributed by atoms with Crippen molar-refractivity contribution < 1.29 is 0 Å². The highest BCUT2D eigenvalue weighted by molar-refractivity contribution is 7.25. The predicted molar refractivity (Wildman–Crippen MR) is 264 cm³/mol. The van der Waals surface area contributed by atoms with Crippen molar-refractivity contribution in [2.24, 2.45) is 0 Å². The standard InChI is InChI=1S/C58H36N2S/c1-3-15-37(16-4-1)38-27-30-50-53(33-38)60(42-28-31-48-46-23-10-9-21-44(46)45-22-11-12-24-47(45)51(48)35-42)58-43-20-8-7-17-39(43)34-54(57(50)58)59(40-18-5-2-6-19-40)41-29-32-56-52(36-41)49-25-13-14-26-55(49)61-56/h1-36H. The number of thiophene rings is 1. The molecule has 2 heterocycles. The highest BCUT2D eigenvalue weighted by atomic mass is 32.1. The van der Waals surface area contributed by atoms with E-state index in [1.54, 1.807) is 0 Å². The van der Waals surface area contributed by atoms with Crippen molar-refractivity contribution in [2.45, 2.75) is 0 Å². The van der Waals surface area contributed by atoms with E-state index in [2.05, 4.69) is 228 Å². The second-order valence-corrected chi connectivity index (χ2v) is 17.1. The van der Waals surface area contributed by atoms with Crippen molar-refractivity contribution in [1.29, 1.82) is 0 Å². The minimum absolute atomic E-state index is 1.11. The van der Waals surface area contributed by atoms with Crippen LogP contribution in [-0.2, 0) is 0 Å². The van der Waals surface area contributed by atoms with Crippen molar-refractivity contribution in [1.82, 2.24) is 4.57 Å². The zero-order chi connectivity index (χ0) is 40.0. The lowest BCUT2D eigenvalue weighted by atomic mass is 9.94. The first kappa shape index (κ1) is 34.2. The number of anilines is 3. The molecule has 11 aromatic carbocycles. The van der Waals surface area contributed by atoms with Crippen LogP contribution in [0.5, 0.6) is 0 Å². The summed E-state index contributed by atoms with van der Waals surface area (Å²) in [6.07, 6.45) is 0. The Bertz CT molecular complexity index is 3840. The molecule has 61 heavy (non-hydrogen) atoms. The molecule has 284 valence electrons. The van der Waals surface area contributed by atoms with E-state index < -0.39 is 0 Å². The average Bonchev–Trinajstić information content (AvgIpc) is 3.88. The van der Waals surface area contributed by atoms with Gasteiger partial charge >= 0.3 is 0 Å². The van der Waals surface area contributed by atoms with E-state index in [4.69, 9.17) is 0 Å². The molecule has 0 fully saturated rings. The molecule has 0 aliphatic heterocycles. The minimum Gasteiger partial charge on any atom is -0.310 e. The van der Waals surface area contributed by atoms with E-state index >= 15 is 0 Å². The molecule has 0 aliphatic carbocycles. The van der Waals surface area contributed by atoms with Gasteiger partial charge in [-0.05, 0) is 109 Å². The van der Waals surface area contributed by atoms with Gasteiger partial charge in [0.25, 0.3) is 0 Å². The summed E-state index contributed by atoms with van der Waals surface area (Å²) >= 11 is 1.86. The highest BCUT2D eigenvalue weighted by Gasteiger charge is 2.25. The number of aromatic nitrogens is 1. The van der Waals surface area contributed by atoms with Crippen molar-refractivity contribution in [3.05, 3.63) is 218 Å². The van der Waals surface area contributed by atoms with Gasteiger partial charge in [0.2, 0.25) is 0 Å². The lowest BCUT2D eigenvalue weighted by molar-refractivity contribution is 1.19. The van der Waals surface area contributed by atoms with Gasteiger partial charge in [-0.1, -0.05) is 158 Å². The lowest BCUT2D eigenvalue weighted by Crippen LogP contribution is -2.10. The Labute approximate surface area is 356 Å². The van der Waals surface area contributed by atoms with E-state index in [1.807, 2.05) is 11.3 Å². The van der Waals surface area contributed by atoms with Gasteiger partial charge in [0.15, 0.2) is 0 Å². The van der Waals surface area contributed by atoms with Gasteiger partial charge in [-0.3, -0.25) is 0 Å². The van der Waals surface area contributed by atoms with E-state index in [1.165, 1.54) is 96.2 Å². The molecule has 0 atom stereocenters. The van der Waals surface area contributed by atoms with E-state index in [0.717, 1.165) is 22.7 Å². The summed E-state index contributed by atoms with van der Waals surface area (Å²) in [5.74, 6) is 0. The van der Waals surface area contributed by atoms with Gasteiger partial charge in [0.1, 0.15) is 0 Å². The largest absolute Gasteiger partial charge is 0.310 e. The summed E-state index contributed by atoms with van der Waals surface area (Å²) in [6, 6.07) is 80.7. The molecule has 0 spiro atoms. The topological polar surface area (TPSA) is 8.17 Å². The van der Waals surface area contributed by atoms with Crippen molar-refractivity contribution in [3.63, 3.8) is 0 Å². The van der Waals surface area contributed by atoms with Crippen LogP contribution in [-0.4, -0.2) is 4.57 Å². The van der Waals surface area contributed by atoms with Crippen LogP contribution in [0, 0.1) is 0 Å². The Hall–Kier alpha value is -7.72. The Kier molecular flexibility index (Phi) is 7.51. The molecule has 0 aliphatic rings. The van der Waals surface area contributed by atoms with Gasteiger partial charge in [0, 0.05) is 53.4 Å². The van der Waals surface area contributed by atoms with Crippen LogP contribution in [0.2, 0.25) is 0 Å². The Morgan fingerprint density at radius 1 is 0.344 bits per heavy atom. The molecule has 0 N–H and O–H groups in total. The first-order valence-corrected chi connectivity index (χ1v) is 21.7. The van der Waals surface area contributed by atoms with Crippen molar-refractivity contribution in [3.8, 4) is 16.8 Å². The van der Waals surface area contributed by atoms with E-state index in [0.29, 0.717) is 0 Å². The zero-order valence-corrected chi connectivity index (χ0v) is 33.9. The van der Waals surface area contributed by atoms with Crippen molar-refractivity contribution in [2.75, 3.05) is 4.90 Å². The van der Waals surface area contributed by atoms with Gasteiger partial charge < -0.3 is 9.47 Å². The lowest BCUT2D eigenvalue weighted by Gasteiger charge is -2.27. The monoisotopic (exact) mass is 792 g/mol. The number of nitrogens with zero attached hydrogens (tertiary/aromatic N) is 2. The average molecular weight is 793 g/mol. The molecule has 0 saturated heterocycles. The van der Waals surface area contributed by atoms with Crippen molar-refractivity contribution >= 4 is 113 Å². The third-order valence-electron chi connectivity index (χ3n) is 12.7. The van der Waals surface area contributed by atoms with Gasteiger partial charge in [-0.25, -0.2) is 0 Å². The summed E-state index contributed by atoms with van der Waals surface area (Å²) in [5, 5.41) is 15.0. The zero-order valence-electron chi connectivity index (χ0n) is 33.1. The number of hydrogen-bond acceptors (Lipinski definition) is 2. The smallest absolute Gasteiger partial charge is 0.0640 e. The number of hydrogen-bond donors (Lipinski definition) is 0. The van der Waals surface area contributed by atoms with Gasteiger partial charge in [0.05, 0.1) is 16.7 Å². The molecule has 13 aromatic rings. The molecule has 13 rings (SSSR count). The summed E-state index contributed by atoms with van der Waals surface area (Å²) in [5.41, 5.74) is 9.28. The van der Waals surface area contributed by atoms with Crippen LogP contribution in [0.1, 0.15) is 0 Å². The van der Waals surface area contributed by atoms with Gasteiger partial charge in [-0.2, -0.15) is 0 Å². The highest BCUT2D eigenvalue weighted by Crippen LogP contribution is 2.49. The second-order valence-electron chi connectivity index (χ2n) is 16.0. The molecular weight excluding hydrogens is 757 g/mol. The molecule has 0 amide bonds. The molecular formula is C58H36N2S. The maximum Gasteiger partial charge on any atom is 0.0640 e. The Morgan fingerprint density at radius 3 is 1.69 bits per heavy atom. The van der Waals surface area contributed by atoms with Crippen LogP contribution >= 0.6 is 11.3 Å². The van der Waals surface area contributed by atoms with E-state index in [9.17, 15) is 0 Å². The van der Waals surface area contributed by atoms with Crippen LogP contribution in [0.3, 0.4) is 0 Å². The minimum atomic E-state index is 1.11. The maximum atomic E-state index is 2.55. The molecule has 2 aromatic heterocycles. The normalized spacial score (nSPS) is 11.9. The number of fused-ring (bicyclic) bond motifs is 14. The molecule has 2 nitrogen and oxygen atoms in total. The second kappa shape index (κ2) is 13.4.